The number of carbonyl (C=O) groups excluding carboxylic acids is 1. The molecule has 1 aromatic heterocycles. The van der Waals surface area contributed by atoms with Crippen LogP contribution >= 0.6 is 23.8 Å². The first-order valence-electron chi connectivity index (χ1n) is 5.61. The lowest BCUT2D eigenvalue weighted by atomic mass is 10.2. The molecule has 0 saturated heterocycles. The predicted octanol–water partition coefficient (Wildman–Crippen LogP) is 3.56. The van der Waals surface area contributed by atoms with E-state index in [-0.39, 0.29) is 0 Å². The normalized spacial score (nSPS) is 10.0. The summed E-state index contributed by atoms with van der Waals surface area (Å²) >= 11 is 10.7. The van der Waals surface area contributed by atoms with Crippen molar-refractivity contribution in [2.75, 3.05) is 5.32 Å². The van der Waals surface area contributed by atoms with Gasteiger partial charge in [0, 0.05) is 28.7 Å². The Morgan fingerprint density at radius 3 is 2.53 bits per heavy atom. The lowest BCUT2D eigenvalue weighted by Gasteiger charge is -2.09. The summed E-state index contributed by atoms with van der Waals surface area (Å²) in [5.74, 6) is 0. The number of aromatic nitrogens is 1. The van der Waals surface area contributed by atoms with E-state index in [4.69, 9.17) is 23.8 Å². The van der Waals surface area contributed by atoms with Crippen molar-refractivity contribution in [1.29, 1.82) is 0 Å². The third-order valence-corrected chi connectivity index (χ3v) is 3.16. The molecule has 0 aliphatic heterocycles. The molecule has 96 valence electrons. The summed E-state index contributed by atoms with van der Waals surface area (Å²) in [6, 6.07) is 10.6. The van der Waals surface area contributed by atoms with E-state index in [1.165, 1.54) is 0 Å². The van der Waals surface area contributed by atoms with Crippen LogP contribution in [0.25, 0.3) is 0 Å². The van der Waals surface area contributed by atoms with Crippen molar-refractivity contribution in [2.45, 2.75) is 6.92 Å². The minimum atomic E-state index is -0.475. The van der Waals surface area contributed by atoms with E-state index >= 15 is 0 Å². The van der Waals surface area contributed by atoms with Gasteiger partial charge < -0.3 is 5.32 Å². The third kappa shape index (κ3) is 3.36. The van der Waals surface area contributed by atoms with Crippen LogP contribution in [-0.2, 0) is 0 Å². The molecule has 0 amide bonds. The largest absolute Gasteiger partial charge is 0.346 e. The average Bonchev–Trinajstić information content (AvgIpc) is 2.39. The summed E-state index contributed by atoms with van der Waals surface area (Å²) in [6.45, 7) is 1.90. The second kappa shape index (κ2) is 5.91. The van der Waals surface area contributed by atoms with Gasteiger partial charge >= 0.3 is 0 Å². The van der Waals surface area contributed by atoms with Crippen molar-refractivity contribution in [3.8, 4) is 0 Å². The van der Waals surface area contributed by atoms with Gasteiger partial charge in [-0.05, 0) is 54.9 Å². The van der Waals surface area contributed by atoms with Crippen LogP contribution in [0.15, 0.2) is 42.6 Å². The highest BCUT2D eigenvalue weighted by Crippen LogP contribution is 2.14. The fourth-order valence-electron chi connectivity index (χ4n) is 1.61. The Hall–Kier alpha value is -1.78. The fourth-order valence-corrected chi connectivity index (χ4v) is 2.07. The molecule has 0 aliphatic carbocycles. The highest BCUT2D eigenvalue weighted by Gasteiger charge is 2.06. The molecule has 1 aromatic carbocycles. The highest BCUT2D eigenvalue weighted by atomic mass is 35.5. The van der Waals surface area contributed by atoms with Gasteiger partial charge in [0.1, 0.15) is 4.99 Å². The molecule has 0 fully saturated rings. The quantitative estimate of drug-likeness (QED) is 0.693. The highest BCUT2D eigenvalue weighted by molar-refractivity contribution is 7.81. The number of thiocarbonyl (C=S) groups is 1. The maximum Gasteiger partial charge on any atom is 0.252 e. The van der Waals surface area contributed by atoms with Gasteiger partial charge in [0.25, 0.3) is 5.24 Å². The zero-order valence-electron chi connectivity index (χ0n) is 10.2. The van der Waals surface area contributed by atoms with Gasteiger partial charge in [-0.1, -0.05) is 12.2 Å². The van der Waals surface area contributed by atoms with Crippen LogP contribution in [0.3, 0.4) is 0 Å². The van der Waals surface area contributed by atoms with Crippen molar-refractivity contribution in [2.24, 2.45) is 0 Å². The molecule has 0 saturated carbocycles. The number of nitrogens with one attached hydrogen (secondary N) is 1. The summed E-state index contributed by atoms with van der Waals surface area (Å²) in [4.78, 5) is 15.7. The second-order valence-corrected chi connectivity index (χ2v) is 4.69. The third-order valence-electron chi connectivity index (χ3n) is 2.62. The maximum absolute atomic E-state index is 11.0. The monoisotopic (exact) mass is 290 g/mol. The van der Waals surface area contributed by atoms with Crippen molar-refractivity contribution in [3.63, 3.8) is 0 Å². The fraction of sp³-hybridized carbons (Fsp3) is 0.0714. The van der Waals surface area contributed by atoms with E-state index in [9.17, 15) is 4.79 Å². The Morgan fingerprint density at radius 1 is 1.26 bits per heavy atom. The Bertz CT molecular complexity index is 626. The summed E-state index contributed by atoms with van der Waals surface area (Å²) in [7, 11) is 0. The number of aryl methyl sites for hydroxylation is 1. The molecular weight excluding hydrogens is 280 g/mol. The number of anilines is 1. The Labute approximate surface area is 121 Å². The standard InChI is InChI=1S/C14H11ClN2OS/c1-9-12(3-2-8-16-9)14(19)17-11-6-4-10(5-7-11)13(15)18/h2-8H,1H3,(H,17,19). The molecule has 0 spiro atoms. The van der Waals surface area contributed by atoms with Gasteiger partial charge in [-0.3, -0.25) is 9.78 Å². The molecule has 19 heavy (non-hydrogen) atoms. The number of hydrogen-bond donors (Lipinski definition) is 1. The van der Waals surface area contributed by atoms with Gasteiger partial charge in [0.05, 0.1) is 0 Å². The van der Waals surface area contributed by atoms with Crippen LogP contribution in [0.4, 0.5) is 5.69 Å². The van der Waals surface area contributed by atoms with Crippen LogP contribution in [-0.4, -0.2) is 15.2 Å². The molecule has 0 unspecified atom stereocenters. The zero-order chi connectivity index (χ0) is 13.8. The zero-order valence-corrected chi connectivity index (χ0v) is 11.8. The molecule has 2 rings (SSSR count). The Kier molecular flexibility index (Phi) is 4.24. The van der Waals surface area contributed by atoms with E-state index in [1.807, 2.05) is 19.1 Å². The molecule has 1 heterocycles. The van der Waals surface area contributed by atoms with Crippen LogP contribution in [0.2, 0.25) is 0 Å². The van der Waals surface area contributed by atoms with Crippen LogP contribution in [0, 0.1) is 6.92 Å². The van der Waals surface area contributed by atoms with Crippen LogP contribution in [0.5, 0.6) is 0 Å². The van der Waals surface area contributed by atoms with E-state index < -0.39 is 5.24 Å². The Balaban J connectivity index is 2.15. The summed E-state index contributed by atoms with van der Waals surface area (Å²) in [6.07, 6.45) is 1.72. The lowest BCUT2D eigenvalue weighted by molar-refractivity contribution is 0.108. The molecule has 3 nitrogen and oxygen atoms in total. The number of carbonyl (C=O) groups is 1. The lowest BCUT2D eigenvalue weighted by Crippen LogP contribution is -2.12. The van der Waals surface area contributed by atoms with Gasteiger partial charge in [-0.2, -0.15) is 0 Å². The van der Waals surface area contributed by atoms with Gasteiger partial charge in [-0.15, -0.1) is 0 Å². The average molecular weight is 291 g/mol. The number of benzene rings is 1. The molecular formula is C14H11ClN2OS. The van der Waals surface area contributed by atoms with Crippen molar-refractivity contribution >= 4 is 39.7 Å². The molecule has 2 aromatic rings. The first-order chi connectivity index (χ1) is 9.08. The summed E-state index contributed by atoms with van der Waals surface area (Å²) < 4.78 is 0. The molecule has 0 aliphatic rings. The van der Waals surface area contributed by atoms with Crippen LogP contribution < -0.4 is 5.32 Å². The van der Waals surface area contributed by atoms with Gasteiger partial charge in [0.2, 0.25) is 0 Å². The van der Waals surface area contributed by atoms with Gasteiger partial charge in [0.15, 0.2) is 0 Å². The summed E-state index contributed by atoms with van der Waals surface area (Å²) in [5.41, 5.74) is 3.01. The van der Waals surface area contributed by atoms with Gasteiger partial charge in [-0.25, -0.2) is 0 Å². The number of hydrogen-bond acceptors (Lipinski definition) is 3. The minimum absolute atomic E-state index is 0.454. The number of nitrogens with zero attached hydrogens (tertiary/aromatic N) is 1. The smallest absolute Gasteiger partial charge is 0.252 e. The maximum atomic E-state index is 11.0. The van der Waals surface area contributed by atoms with E-state index in [2.05, 4.69) is 10.3 Å². The molecule has 5 heteroatoms. The topological polar surface area (TPSA) is 42.0 Å². The predicted molar refractivity (Wildman–Crippen MR) is 80.9 cm³/mol. The summed E-state index contributed by atoms with van der Waals surface area (Å²) in [5, 5.41) is 2.63. The second-order valence-electron chi connectivity index (χ2n) is 3.94. The van der Waals surface area contributed by atoms with E-state index in [0.29, 0.717) is 10.6 Å². The molecule has 1 N–H and O–H groups in total. The van der Waals surface area contributed by atoms with Crippen molar-refractivity contribution in [3.05, 3.63) is 59.4 Å². The first-order valence-corrected chi connectivity index (χ1v) is 6.39. The first kappa shape index (κ1) is 13.6. The van der Waals surface area contributed by atoms with Crippen molar-refractivity contribution < 1.29 is 4.79 Å². The number of rotatable bonds is 3. The Morgan fingerprint density at radius 2 is 1.95 bits per heavy atom. The SMILES string of the molecule is Cc1ncccc1C(=S)Nc1ccc(C(=O)Cl)cc1. The molecule has 0 atom stereocenters. The number of halogens is 1. The van der Waals surface area contributed by atoms with E-state index in [1.54, 1.807) is 30.5 Å². The molecule has 0 bridgehead atoms. The minimum Gasteiger partial charge on any atom is -0.346 e. The molecule has 0 radical (unpaired) electrons. The van der Waals surface area contributed by atoms with Crippen molar-refractivity contribution in [1.82, 2.24) is 4.98 Å². The number of pyridine rings is 1. The van der Waals surface area contributed by atoms with E-state index in [0.717, 1.165) is 16.9 Å². The van der Waals surface area contributed by atoms with Crippen LogP contribution in [0.1, 0.15) is 21.6 Å².